The van der Waals surface area contributed by atoms with Crippen molar-refractivity contribution < 1.29 is 9.53 Å². The number of hydrogen-bond donors (Lipinski definition) is 1. The molecule has 0 bridgehead atoms. The summed E-state index contributed by atoms with van der Waals surface area (Å²) in [6.07, 6.45) is 2.37. The zero-order chi connectivity index (χ0) is 17.5. The molecule has 1 amide bonds. The van der Waals surface area contributed by atoms with Crippen molar-refractivity contribution in [3.05, 3.63) is 53.3 Å². The van der Waals surface area contributed by atoms with Gasteiger partial charge in [-0.05, 0) is 31.4 Å². The summed E-state index contributed by atoms with van der Waals surface area (Å²) in [7, 11) is 0. The van der Waals surface area contributed by atoms with Crippen molar-refractivity contribution in [3.63, 3.8) is 0 Å². The number of ether oxygens (including phenoxy) is 1. The highest BCUT2D eigenvalue weighted by molar-refractivity contribution is 5.77. The highest BCUT2D eigenvalue weighted by Gasteiger charge is 2.16. The molecule has 1 aliphatic heterocycles. The van der Waals surface area contributed by atoms with Crippen LogP contribution in [-0.2, 0) is 22.7 Å². The molecule has 1 aromatic carbocycles. The second-order valence-corrected chi connectivity index (χ2v) is 6.25. The Bertz CT molecular complexity index is 700. The molecule has 25 heavy (non-hydrogen) atoms. The fraction of sp³-hybridized carbons (Fsp3) is 0.421. The van der Waals surface area contributed by atoms with Crippen LogP contribution in [0.25, 0.3) is 0 Å². The summed E-state index contributed by atoms with van der Waals surface area (Å²) in [4.78, 5) is 23.2. The lowest BCUT2D eigenvalue weighted by Crippen LogP contribution is -2.28. The molecule has 0 unspecified atom stereocenters. The molecule has 6 heteroatoms. The quantitative estimate of drug-likeness (QED) is 0.837. The maximum atomic E-state index is 11.9. The third-order valence-electron chi connectivity index (χ3n) is 4.10. The molecule has 6 nitrogen and oxygen atoms in total. The predicted molar refractivity (Wildman–Crippen MR) is 96.2 cm³/mol. The van der Waals surface area contributed by atoms with Crippen LogP contribution in [-0.4, -0.2) is 35.6 Å². The Hall–Kier alpha value is -2.47. The number of carbonyl (C=O) groups is 1. The van der Waals surface area contributed by atoms with E-state index in [0.29, 0.717) is 13.2 Å². The first-order valence-corrected chi connectivity index (χ1v) is 8.68. The maximum Gasteiger partial charge on any atom is 0.246 e. The van der Waals surface area contributed by atoms with Crippen molar-refractivity contribution in [3.8, 4) is 0 Å². The van der Waals surface area contributed by atoms with Crippen LogP contribution in [0, 0.1) is 6.92 Å². The van der Waals surface area contributed by atoms with Gasteiger partial charge in [-0.15, -0.1) is 0 Å². The molecule has 0 atom stereocenters. The minimum Gasteiger partial charge on any atom is -0.367 e. The van der Waals surface area contributed by atoms with E-state index < -0.39 is 0 Å². The minimum absolute atomic E-state index is 0.0396. The predicted octanol–water partition coefficient (Wildman–Crippen LogP) is 2.22. The Labute approximate surface area is 148 Å². The third kappa shape index (κ3) is 5.26. The molecule has 0 saturated carbocycles. The molecule has 2 heterocycles. The van der Waals surface area contributed by atoms with E-state index >= 15 is 0 Å². The Morgan fingerprint density at radius 1 is 1.20 bits per heavy atom. The van der Waals surface area contributed by atoms with Gasteiger partial charge in [0.25, 0.3) is 0 Å². The number of aromatic nitrogens is 2. The smallest absolute Gasteiger partial charge is 0.246 e. The van der Waals surface area contributed by atoms with Gasteiger partial charge in [-0.2, -0.15) is 0 Å². The number of nitrogens with zero attached hydrogens (tertiary/aromatic N) is 3. The van der Waals surface area contributed by atoms with E-state index in [1.165, 1.54) is 12.8 Å². The molecule has 1 fully saturated rings. The Morgan fingerprint density at radius 2 is 1.96 bits per heavy atom. The van der Waals surface area contributed by atoms with Gasteiger partial charge >= 0.3 is 0 Å². The fourth-order valence-corrected chi connectivity index (χ4v) is 2.84. The van der Waals surface area contributed by atoms with Gasteiger partial charge < -0.3 is 15.0 Å². The third-order valence-corrected chi connectivity index (χ3v) is 4.10. The summed E-state index contributed by atoms with van der Waals surface area (Å²) >= 11 is 0. The molecular weight excluding hydrogens is 316 g/mol. The van der Waals surface area contributed by atoms with E-state index in [0.717, 1.165) is 36.0 Å². The van der Waals surface area contributed by atoms with Crippen molar-refractivity contribution in [2.45, 2.75) is 32.9 Å². The molecule has 0 spiro atoms. The molecule has 0 radical (unpaired) electrons. The Morgan fingerprint density at radius 3 is 2.72 bits per heavy atom. The zero-order valence-corrected chi connectivity index (χ0v) is 14.6. The molecule has 0 aliphatic carbocycles. The summed E-state index contributed by atoms with van der Waals surface area (Å²) in [6.45, 7) is 4.82. The number of hydrogen-bond acceptors (Lipinski definition) is 5. The molecule has 132 valence electrons. The minimum atomic E-state index is -0.144. The molecule has 1 N–H and O–H groups in total. The van der Waals surface area contributed by atoms with Crippen LogP contribution in [0.5, 0.6) is 0 Å². The molecular formula is C19H24N4O2. The van der Waals surface area contributed by atoms with E-state index in [-0.39, 0.29) is 12.5 Å². The Balaban J connectivity index is 1.46. The van der Waals surface area contributed by atoms with Gasteiger partial charge in [0.1, 0.15) is 6.61 Å². The van der Waals surface area contributed by atoms with Gasteiger partial charge in [0.15, 0.2) is 0 Å². The van der Waals surface area contributed by atoms with Crippen molar-refractivity contribution in [1.29, 1.82) is 0 Å². The van der Waals surface area contributed by atoms with Crippen LogP contribution in [0.15, 0.2) is 36.4 Å². The second kappa shape index (κ2) is 8.58. The first-order valence-electron chi connectivity index (χ1n) is 8.68. The summed E-state index contributed by atoms with van der Waals surface area (Å²) in [5, 5.41) is 2.86. The highest BCUT2D eigenvalue weighted by Crippen LogP contribution is 2.16. The van der Waals surface area contributed by atoms with Crippen LogP contribution in [0.1, 0.15) is 29.8 Å². The number of rotatable bonds is 7. The number of benzene rings is 1. The van der Waals surface area contributed by atoms with Crippen molar-refractivity contribution in [1.82, 2.24) is 15.3 Å². The zero-order valence-electron chi connectivity index (χ0n) is 14.6. The first kappa shape index (κ1) is 17.4. The van der Waals surface area contributed by atoms with Crippen LogP contribution < -0.4 is 10.2 Å². The lowest BCUT2D eigenvalue weighted by atomic mass is 10.2. The summed E-state index contributed by atoms with van der Waals surface area (Å²) in [5.74, 6) is 0.622. The molecule has 3 rings (SSSR count). The summed E-state index contributed by atoms with van der Waals surface area (Å²) in [5.41, 5.74) is 2.80. The van der Waals surface area contributed by atoms with E-state index in [4.69, 9.17) is 4.74 Å². The normalized spacial score (nSPS) is 13.9. The molecule has 2 aromatic rings. The Kier molecular flexibility index (Phi) is 5.95. The average molecular weight is 340 g/mol. The average Bonchev–Trinajstić information content (AvgIpc) is 3.15. The maximum absolute atomic E-state index is 11.9. The van der Waals surface area contributed by atoms with E-state index in [9.17, 15) is 4.79 Å². The van der Waals surface area contributed by atoms with E-state index in [1.807, 2.05) is 43.3 Å². The summed E-state index contributed by atoms with van der Waals surface area (Å²) in [6, 6.07) is 11.7. The van der Waals surface area contributed by atoms with Gasteiger partial charge in [-0.25, -0.2) is 9.97 Å². The van der Waals surface area contributed by atoms with Crippen molar-refractivity contribution >= 4 is 11.9 Å². The van der Waals surface area contributed by atoms with Crippen LogP contribution in [0.3, 0.4) is 0 Å². The lowest BCUT2D eigenvalue weighted by molar-refractivity contribution is -0.126. The molecule has 1 aliphatic rings. The van der Waals surface area contributed by atoms with Gasteiger partial charge in [-0.3, -0.25) is 4.79 Å². The molecule has 1 saturated heterocycles. The number of carbonyl (C=O) groups excluding carboxylic acids is 1. The monoisotopic (exact) mass is 340 g/mol. The van der Waals surface area contributed by atoms with Crippen LogP contribution >= 0.6 is 0 Å². The molecule has 1 aromatic heterocycles. The van der Waals surface area contributed by atoms with Gasteiger partial charge in [-0.1, -0.05) is 30.3 Å². The number of anilines is 1. The van der Waals surface area contributed by atoms with Crippen LogP contribution in [0.2, 0.25) is 0 Å². The van der Waals surface area contributed by atoms with Gasteiger partial charge in [0.05, 0.1) is 18.8 Å². The topological polar surface area (TPSA) is 67.3 Å². The van der Waals surface area contributed by atoms with Crippen LogP contribution in [0.4, 0.5) is 5.95 Å². The van der Waals surface area contributed by atoms with E-state index in [2.05, 4.69) is 20.2 Å². The van der Waals surface area contributed by atoms with Crippen molar-refractivity contribution in [2.24, 2.45) is 0 Å². The van der Waals surface area contributed by atoms with E-state index in [1.54, 1.807) is 0 Å². The van der Waals surface area contributed by atoms with Gasteiger partial charge in [0, 0.05) is 18.8 Å². The first-order chi connectivity index (χ1) is 12.2. The van der Waals surface area contributed by atoms with Gasteiger partial charge in [0.2, 0.25) is 11.9 Å². The highest BCUT2D eigenvalue weighted by atomic mass is 16.5. The standard InChI is InChI=1S/C19H24N4O2/c1-15-11-17(22-19(21-15)23-9-5-6-10-23)12-20-18(24)14-25-13-16-7-3-2-4-8-16/h2-4,7-8,11H,5-6,9-10,12-14H2,1H3,(H,20,24). The summed E-state index contributed by atoms with van der Waals surface area (Å²) < 4.78 is 5.45. The number of aryl methyl sites for hydroxylation is 1. The fourth-order valence-electron chi connectivity index (χ4n) is 2.84. The second-order valence-electron chi connectivity index (χ2n) is 6.25. The van der Waals surface area contributed by atoms with Crippen molar-refractivity contribution in [2.75, 3.05) is 24.6 Å². The number of nitrogens with one attached hydrogen (secondary N) is 1. The number of amides is 1. The SMILES string of the molecule is Cc1cc(CNC(=O)COCc2ccccc2)nc(N2CCCC2)n1. The largest absolute Gasteiger partial charge is 0.367 e. The lowest BCUT2D eigenvalue weighted by Gasteiger charge is -2.16.